The summed E-state index contributed by atoms with van der Waals surface area (Å²) in [4.78, 5) is 13.6. The predicted octanol–water partition coefficient (Wildman–Crippen LogP) is 2.22. The first kappa shape index (κ1) is 13.1. The first-order valence-electron chi connectivity index (χ1n) is 6.05. The zero-order valence-electron chi connectivity index (χ0n) is 10.4. The Morgan fingerprint density at radius 2 is 2.33 bits per heavy atom. The highest BCUT2D eigenvalue weighted by atomic mass is 35.5. The molecule has 1 unspecified atom stereocenters. The normalized spacial score (nSPS) is 19.7. The van der Waals surface area contributed by atoms with Crippen LogP contribution in [0, 0.1) is 6.92 Å². The Morgan fingerprint density at radius 3 is 2.94 bits per heavy atom. The van der Waals surface area contributed by atoms with E-state index in [1.807, 2.05) is 25.1 Å². The van der Waals surface area contributed by atoms with Gasteiger partial charge in [0.2, 0.25) is 5.91 Å². The summed E-state index contributed by atoms with van der Waals surface area (Å²) in [6.07, 6.45) is 4.26. The van der Waals surface area contributed by atoms with Gasteiger partial charge in [0.25, 0.3) is 0 Å². The van der Waals surface area contributed by atoms with Crippen molar-refractivity contribution >= 4 is 23.6 Å². The molecule has 1 saturated heterocycles. The van der Waals surface area contributed by atoms with Gasteiger partial charge >= 0.3 is 0 Å². The van der Waals surface area contributed by atoms with Gasteiger partial charge in [-0.1, -0.05) is 23.7 Å². The molecule has 0 saturated carbocycles. The third kappa shape index (κ3) is 3.12. The van der Waals surface area contributed by atoms with Crippen molar-refractivity contribution < 1.29 is 4.79 Å². The molecule has 1 aliphatic rings. The van der Waals surface area contributed by atoms with Gasteiger partial charge in [-0.15, -0.1) is 0 Å². The summed E-state index contributed by atoms with van der Waals surface area (Å²) in [6, 6.07) is 5.87. The van der Waals surface area contributed by atoms with Crippen LogP contribution in [-0.4, -0.2) is 29.9 Å². The fourth-order valence-electron chi connectivity index (χ4n) is 1.97. The first-order chi connectivity index (χ1) is 8.56. The third-order valence-corrected chi connectivity index (χ3v) is 3.56. The summed E-state index contributed by atoms with van der Waals surface area (Å²) in [5, 5.41) is 0.716. The van der Waals surface area contributed by atoms with Gasteiger partial charge < -0.3 is 10.6 Å². The van der Waals surface area contributed by atoms with E-state index in [4.69, 9.17) is 17.3 Å². The number of rotatable bonds is 2. The topological polar surface area (TPSA) is 46.3 Å². The molecule has 3 nitrogen and oxygen atoms in total. The second kappa shape index (κ2) is 5.55. The molecule has 1 aliphatic heterocycles. The quantitative estimate of drug-likeness (QED) is 0.833. The number of nitrogens with two attached hydrogens (primary N) is 1. The lowest BCUT2D eigenvalue weighted by Crippen LogP contribution is -2.30. The molecule has 96 valence electrons. The molecule has 1 aromatic carbocycles. The van der Waals surface area contributed by atoms with Crippen LogP contribution < -0.4 is 5.73 Å². The van der Waals surface area contributed by atoms with Gasteiger partial charge in [-0.25, -0.2) is 0 Å². The molecule has 1 fully saturated rings. The molecule has 0 radical (unpaired) electrons. The SMILES string of the molecule is Cc1ccc(C=CC(=O)N2CCC(N)C2)cc1Cl. The van der Waals surface area contributed by atoms with Crippen molar-refractivity contribution in [2.45, 2.75) is 19.4 Å². The summed E-state index contributed by atoms with van der Waals surface area (Å²) in [6.45, 7) is 3.35. The zero-order chi connectivity index (χ0) is 13.1. The van der Waals surface area contributed by atoms with E-state index in [9.17, 15) is 4.79 Å². The summed E-state index contributed by atoms with van der Waals surface area (Å²) < 4.78 is 0. The summed E-state index contributed by atoms with van der Waals surface area (Å²) >= 11 is 6.03. The Bertz CT molecular complexity index is 485. The molecule has 1 amide bonds. The molecule has 0 aromatic heterocycles. The third-order valence-electron chi connectivity index (χ3n) is 3.15. The molecule has 1 heterocycles. The van der Waals surface area contributed by atoms with Crippen molar-refractivity contribution in [1.82, 2.24) is 4.90 Å². The lowest BCUT2D eigenvalue weighted by molar-refractivity contribution is -0.124. The molecule has 2 rings (SSSR count). The maximum Gasteiger partial charge on any atom is 0.246 e. The number of carbonyl (C=O) groups is 1. The van der Waals surface area contributed by atoms with E-state index >= 15 is 0 Å². The average molecular weight is 265 g/mol. The minimum atomic E-state index is 0.0136. The van der Waals surface area contributed by atoms with E-state index in [1.54, 1.807) is 17.1 Å². The van der Waals surface area contributed by atoms with Crippen LogP contribution in [0.5, 0.6) is 0 Å². The molecule has 1 aromatic rings. The molecule has 1 atom stereocenters. The molecule has 0 aliphatic carbocycles. The van der Waals surface area contributed by atoms with Crippen molar-refractivity contribution in [2.75, 3.05) is 13.1 Å². The lowest BCUT2D eigenvalue weighted by atomic mass is 10.1. The number of halogens is 1. The van der Waals surface area contributed by atoms with Crippen LogP contribution >= 0.6 is 11.6 Å². The van der Waals surface area contributed by atoms with Crippen LogP contribution in [0.1, 0.15) is 17.5 Å². The van der Waals surface area contributed by atoms with Gasteiger partial charge in [0.15, 0.2) is 0 Å². The molecule has 4 heteroatoms. The maximum atomic E-state index is 11.9. The van der Waals surface area contributed by atoms with Crippen molar-refractivity contribution in [3.8, 4) is 0 Å². The van der Waals surface area contributed by atoms with Crippen molar-refractivity contribution in [1.29, 1.82) is 0 Å². The Hall–Kier alpha value is -1.32. The second-order valence-corrected chi connectivity index (χ2v) is 5.08. The summed E-state index contributed by atoms with van der Waals surface area (Å²) in [5.41, 5.74) is 7.74. The Labute approximate surface area is 112 Å². The van der Waals surface area contributed by atoms with Crippen LogP contribution in [0.4, 0.5) is 0 Å². The Kier molecular flexibility index (Phi) is 4.04. The number of hydrogen-bond donors (Lipinski definition) is 1. The maximum absolute atomic E-state index is 11.9. The van der Waals surface area contributed by atoms with Crippen LogP contribution in [0.15, 0.2) is 24.3 Å². The van der Waals surface area contributed by atoms with Gasteiger partial charge in [-0.3, -0.25) is 4.79 Å². The van der Waals surface area contributed by atoms with Crippen LogP contribution in [0.3, 0.4) is 0 Å². The average Bonchev–Trinajstić information content (AvgIpc) is 2.77. The highest BCUT2D eigenvalue weighted by Crippen LogP contribution is 2.17. The van der Waals surface area contributed by atoms with Crippen molar-refractivity contribution in [2.24, 2.45) is 5.73 Å². The zero-order valence-corrected chi connectivity index (χ0v) is 11.2. The van der Waals surface area contributed by atoms with Crippen LogP contribution in [0.2, 0.25) is 5.02 Å². The standard InChI is InChI=1S/C14H17ClN2O/c1-10-2-3-11(8-13(10)15)4-5-14(18)17-7-6-12(16)9-17/h2-5,8,12H,6-7,9,16H2,1H3. The van der Waals surface area contributed by atoms with Gasteiger partial charge in [-0.05, 0) is 36.6 Å². The monoisotopic (exact) mass is 264 g/mol. The van der Waals surface area contributed by atoms with E-state index in [0.717, 1.165) is 24.1 Å². The van der Waals surface area contributed by atoms with Crippen molar-refractivity contribution in [3.63, 3.8) is 0 Å². The Morgan fingerprint density at radius 1 is 1.56 bits per heavy atom. The number of nitrogens with zero attached hydrogens (tertiary/aromatic N) is 1. The number of aryl methyl sites for hydroxylation is 1. The van der Waals surface area contributed by atoms with Gasteiger partial charge in [0.05, 0.1) is 0 Å². The van der Waals surface area contributed by atoms with Gasteiger partial charge in [0, 0.05) is 30.2 Å². The molecule has 0 spiro atoms. The van der Waals surface area contributed by atoms with Crippen LogP contribution in [0.25, 0.3) is 6.08 Å². The van der Waals surface area contributed by atoms with E-state index in [0.29, 0.717) is 11.6 Å². The van der Waals surface area contributed by atoms with Crippen LogP contribution in [-0.2, 0) is 4.79 Å². The summed E-state index contributed by atoms with van der Waals surface area (Å²) in [7, 11) is 0. The minimum absolute atomic E-state index is 0.0136. The smallest absolute Gasteiger partial charge is 0.246 e. The van der Waals surface area contributed by atoms with E-state index in [1.165, 1.54) is 0 Å². The molecule has 0 bridgehead atoms. The Balaban J connectivity index is 2.02. The number of hydrogen-bond acceptors (Lipinski definition) is 2. The van der Waals surface area contributed by atoms with Crippen molar-refractivity contribution in [3.05, 3.63) is 40.4 Å². The fourth-order valence-corrected chi connectivity index (χ4v) is 2.16. The molecule has 18 heavy (non-hydrogen) atoms. The van der Waals surface area contributed by atoms with Gasteiger partial charge in [0.1, 0.15) is 0 Å². The number of likely N-dealkylation sites (tertiary alicyclic amines) is 1. The summed E-state index contributed by atoms with van der Waals surface area (Å²) in [5.74, 6) is 0.0136. The molecule has 2 N–H and O–H groups in total. The lowest BCUT2D eigenvalue weighted by Gasteiger charge is -2.12. The highest BCUT2D eigenvalue weighted by Gasteiger charge is 2.21. The second-order valence-electron chi connectivity index (χ2n) is 4.67. The fraction of sp³-hybridized carbons (Fsp3) is 0.357. The van der Waals surface area contributed by atoms with E-state index in [2.05, 4.69) is 0 Å². The minimum Gasteiger partial charge on any atom is -0.338 e. The predicted molar refractivity (Wildman–Crippen MR) is 74.4 cm³/mol. The highest BCUT2D eigenvalue weighted by molar-refractivity contribution is 6.31. The number of amides is 1. The van der Waals surface area contributed by atoms with E-state index < -0.39 is 0 Å². The molecular formula is C14H17ClN2O. The largest absolute Gasteiger partial charge is 0.338 e. The van der Waals surface area contributed by atoms with Gasteiger partial charge in [-0.2, -0.15) is 0 Å². The number of benzene rings is 1. The first-order valence-corrected chi connectivity index (χ1v) is 6.43. The molecular weight excluding hydrogens is 248 g/mol. The number of carbonyl (C=O) groups excluding carboxylic acids is 1. The van der Waals surface area contributed by atoms with E-state index in [-0.39, 0.29) is 11.9 Å².